The highest BCUT2D eigenvalue weighted by Gasteiger charge is 2.13. The predicted molar refractivity (Wildman–Crippen MR) is 63.5 cm³/mol. The van der Waals surface area contributed by atoms with Gasteiger partial charge in [-0.2, -0.15) is 0 Å². The van der Waals surface area contributed by atoms with Crippen molar-refractivity contribution in [3.05, 3.63) is 22.9 Å². The van der Waals surface area contributed by atoms with Gasteiger partial charge in [-0.25, -0.2) is 4.79 Å². The van der Waals surface area contributed by atoms with E-state index in [9.17, 15) is 9.59 Å². The van der Waals surface area contributed by atoms with Gasteiger partial charge in [-0.05, 0) is 20.3 Å². The molecule has 1 atom stereocenters. The minimum absolute atomic E-state index is 0.0225. The normalized spacial score (nSPS) is 13.1. The molecule has 1 heterocycles. The SMILES string of the molecule is CCC(C)C(=O)Cn1ccn(C(C)C)c1=O. The van der Waals surface area contributed by atoms with E-state index in [-0.39, 0.29) is 30.0 Å². The van der Waals surface area contributed by atoms with Crippen molar-refractivity contribution in [2.24, 2.45) is 5.92 Å². The molecule has 0 aliphatic heterocycles. The zero-order chi connectivity index (χ0) is 12.3. The van der Waals surface area contributed by atoms with Gasteiger partial charge in [0.2, 0.25) is 0 Å². The van der Waals surface area contributed by atoms with Crippen LogP contribution < -0.4 is 5.69 Å². The highest BCUT2D eigenvalue weighted by Crippen LogP contribution is 2.04. The molecule has 0 saturated carbocycles. The van der Waals surface area contributed by atoms with Gasteiger partial charge < -0.3 is 0 Å². The molecule has 16 heavy (non-hydrogen) atoms. The van der Waals surface area contributed by atoms with E-state index in [0.717, 1.165) is 6.42 Å². The lowest BCUT2D eigenvalue weighted by atomic mass is 10.0. The van der Waals surface area contributed by atoms with E-state index in [4.69, 9.17) is 0 Å². The Morgan fingerprint density at radius 1 is 1.31 bits per heavy atom. The summed E-state index contributed by atoms with van der Waals surface area (Å²) < 4.78 is 3.11. The number of aromatic nitrogens is 2. The summed E-state index contributed by atoms with van der Waals surface area (Å²) >= 11 is 0. The lowest BCUT2D eigenvalue weighted by Gasteiger charge is -2.08. The van der Waals surface area contributed by atoms with Crippen LogP contribution in [0.15, 0.2) is 17.2 Å². The lowest BCUT2D eigenvalue weighted by molar-refractivity contribution is -0.123. The number of carbonyl (C=O) groups excluding carboxylic acids is 1. The van der Waals surface area contributed by atoms with Crippen LogP contribution in [0.4, 0.5) is 0 Å². The minimum Gasteiger partial charge on any atom is -0.297 e. The Labute approximate surface area is 95.9 Å². The minimum atomic E-state index is -0.105. The van der Waals surface area contributed by atoms with Gasteiger partial charge in [-0.15, -0.1) is 0 Å². The topological polar surface area (TPSA) is 44.0 Å². The van der Waals surface area contributed by atoms with E-state index >= 15 is 0 Å². The van der Waals surface area contributed by atoms with Crippen LogP contribution >= 0.6 is 0 Å². The molecular weight excluding hydrogens is 204 g/mol. The number of hydrogen-bond acceptors (Lipinski definition) is 2. The number of ketones is 1. The molecule has 1 unspecified atom stereocenters. The molecular formula is C12H20N2O2. The number of carbonyl (C=O) groups is 1. The van der Waals surface area contributed by atoms with Crippen molar-refractivity contribution in [3.8, 4) is 0 Å². The van der Waals surface area contributed by atoms with E-state index in [0.29, 0.717) is 0 Å². The summed E-state index contributed by atoms with van der Waals surface area (Å²) in [5.74, 6) is 0.139. The fraction of sp³-hybridized carbons (Fsp3) is 0.667. The summed E-state index contributed by atoms with van der Waals surface area (Å²) in [6.07, 6.45) is 4.23. The van der Waals surface area contributed by atoms with Gasteiger partial charge in [0, 0.05) is 24.4 Å². The smallest absolute Gasteiger partial charge is 0.297 e. The van der Waals surface area contributed by atoms with Crippen molar-refractivity contribution in [1.29, 1.82) is 0 Å². The van der Waals surface area contributed by atoms with Crippen molar-refractivity contribution in [2.75, 3.05) is 0 Å². The zero-order valence-corrected chi connectivity index (χ0v) is 10.4. The second-order valence-electron chi connectivity index (χ2n) is 4.49. The van der Waals surface area contributed by atoms with Gasteiger partial charge in [0.05, 0.1) is 6.54 Å². The highest BCUT2D eigenvalue weighted by atomic mass is 16.2. The molecule has 0 N–H and O–H groups in total. The third kappa shape index (κ3) is 2.62. The van der Waals surface area contributed by atoms with Crippen LogP contribution in [-0.2, 0) is 11.3 Å². The van der Waals surface area contributed by atoms with Crippen molar-refractivity contribution < 1.29 is 4.79 Å². The molecule has 0 radical (unpaired) electrons. The number of Topliss-reactive ketones (excluding diaryl/α,β-unsaturated/α-hetero) is 1. The molecule has 4 heteroatoms. The zero-order valence-electron chi connectivity index (χ0n) is 10.4. The van der Waals surface area contributed by atoms with Crippen molar-refractivity contribution in [1.82, 2.24) is 9.13 Å². The summed E-state index contributed by atoms with van der Waals surface area (Å²) in [5.41, 5.74) is -0.105. The van der Waals surface area contributed by atoms with Crippen LogP contribution in [0.3, 0.4) is 0 Å². The fourth-order valence-electron chi connectivity index (χ4n) is 1.49. The van der Waals surface area contributed by atoms with Gasteiger partial charge in [0.15, 0.2) is 5.78 Å². The van der Waals surface area contributed by atoms with E-state index in [2.05, 4.69) is 0 Å². The second-order valence-corrected chi connectivity index (χ2v) is 4.49. The van der Waals surface area contributed by atoms with E-state index in [1.54, 1.807) is 17.0 Å². The monoisotopic (exact) mass is 224 g/mol. The third-order valence-electron chi connectivity index (χ3n) is 2.92. The Hall–Kier alpha value is -1.32. The van der Waals surface area contributed by atoms with Gasteiger partial charge in [0.25, 0.3) is 0 Å². The predicted octanol–water partition coefficient (Wildman–Crippen LogP) is 1.85. The summed E-state index contributed by atoms with van der Waals surface area (Å²) in [6, 6.07) is 0.132. The van der Waals surface area contributed by atoms with Crippen molar-refractivity contribution >= 4 is 5.78 Å². The summed E-state index contributed by atoms with van der Waals surface area (Å²) in [6.45, 7) is 7.95. The summed E-state index contributed by atoms with van der Waals surface area (Å²) in [5, 5.41) is 0. The Morgan fingerprint density at radius 2 is 1.94 bits per heavy atom. The largest absolute Gasteiger partial charge is 0.328 e. The molecule has 0 fully saturated rings. The summed E-state index contributed by atoms with van der Waals surface area (Å²) in [4.78, 5) is 23.5. The molecule has 0 amide bonds. The standard InChI is InChI=1S/C12H20N2O2/c1-5-10(4)11(15)8-13-6-7-14(9(2)3)12(13)16/h6-7,9-10H,5,8H2,1-4H3. The van der Waals surface area contributed by atoms with E-state index in [1.165, 1.54) is 4.57 Å². The first-order chi connectivity index (χ1) is 7.47. The molecule has 0 saturated heterocycles. The first-order valence-corrected chi connectivity index (χ1v) is 5.77. The first-order valence-electron chi connectivity index (χ1n) is 5.77. The van der Waals surface area contributed by atoms with Crippen LogP contribution in [0.5, 0.6) is 0 Å². The molecule has 0 aromatic carbocycles. The molecule has 1 rings (SSSR count). The summed E-state index contributed by atoms with van der Waals surface area (Å²) in [7, 11) is 0. The maximum atomic E-state index is 11.8. The lowest BCUT2D eigenvalue weighted by Crippen LogP contribution is -2.29. The van der Waals surface area contributed by atoms with Gasteiger partial charge in [-0.3, -0.25) is 13.9 Å². The van der Waals surface area contributed by atoms with E-state index in [1.807, 2.05) is 27.7 Å². The Morgan fingerprint density at radius 3 is 2.38 bits per heavy atom. The van der Waals surface area contributed by atoms with Gasteiger partial charge >= 0.3 is 5.69 Å². The van der Waals surface area contributed by atoms with Crippen LogP contribution in [-0.4, -0.2) is 14.9 Å². The second kappa shape index (κ2) is 5.14. The average molecular weight is 224 g/mol. The maximum Gasteiger partial charge on any atom is 0.328 e. The Balaban J connectivity index is 2.83. The maximum absolute atomic E-state index is 11.8. The van der Waals surface area contributed by atoms with E-state index < -0.39 is 0 Å². The van der Waals surface area contributed by atoms with Gasteiger partial charge in [0.1, 0.15) is 0 Å². The number of imidazole rings is 1. The molecule has 0 bridgehead atoms. The Bertz CT molecular complexity index is 415. The molecule has 0 aliphatic rings. The molecule has 1 aromatic heterocycles. The van der Waals surface area contributed by atoms with Crippen LogP contribution in [0, 0.1) is 5.92 Å². The first kappa shape index (κ1) is 12.7. The average Bonchev–Trinajstić information content (AvgIpc) is 2.59. The molecule has 0 aliphatic carbocycles. The Kier molecular flexibility index (Phi) is 4.10. The number of rotatable bonds is 5. The number of hydrogen-bond donors (Lipinski definition) is 0. The van der Waals surface area contributed by atoms with Crippen LogP contribution in [0.2, 0.25) is 0 Å². The third-order valence-corrected chi connectivity index (χ3v) is 2.92. The molecule has 90 valence electrons. The number of nitrogens with zero attached hydrogens (tertiary/aromatic N) is 2. The molecule has 0 spiro atoms. The van der Waals surface area contributed by atoms with Crippen molar-refractivity contribution in [3.63, 3.8) is 0 Å². The van der Waals surface area contributed by atoms with Crippen molar-refractivity contribution in [2.45, 2.75) is 46.7 Å². The highest BCUT2D eigenvalue weighted by molar-refractivity contribution is 5.80. The van der Waals surface area contributed by atoms with Gasteiger partial charge in [-0.1, -0.05) is 13.8 Å². The molecule has 4 nitrogen and oxygen atoms in total. The van der Waals surface area contributed by atoms with Crippen LogP contribution in [0.25, 0.3) is 0 Å². The fourth-order valence-corrected chi connectivity index (χ4v) is 1.49. The molecule has 1 aromatic rings. The van der Waals surface area contributed by atoms with Crippen LogP contribution in [0.1, 0.15) is 40.2 Å². The quantitative estimate of drug-likeness (QED) is 0.766.